The predicted molar refractivity (Wildman–Crippen MR) is 90.1 cm³/mol. The van der Waals surface area contributed by atoms with E-state index in [1.54, 1.807) is 11.3 Å². The molecule has 0 bridgehead atoms. The Balaban J connectivity index is 1.43. The molecular formula is C17H22N4S. The SMILES string of the molecule is c1ccc(N2CCC[C@@]3(CCN(Cc4nccs4)C3)C2)nc1. The summed E-state index contributed by atoms with van der Waals surface area (Å²) in [6, 6.07) is 6.23. The lowest BCUT2D eigenvalue weighted by atomic mass is 9.79. The fourth-order valence-corrected chi connectivity index (χ4v) is 4.62. The van der Waals surface area contributed by atoms with E-state index in [4.69, 9.17) is 0 Å². The number of nitrogens with zero attached hydrogens (tertiary/aromatic N) is 4. The molecule has 2 saturated heterocycles. The van der Waals surface area contributed by atoms with Crippen LogP contribution in [0.25, 0.3) is 0 Å². The van der Waals surface area contributed by atoms with Gasteiger partial charge in [0.05, 0.1) is 6.54 Å². The molecule has 1 spiro atoms. The zero-order chi connectivity index (χ0) is 14.8. The van der Waals surface area contributed by atoms with Gasteiger partial charge in [-0.1, -0.05) is 6.07 Å². The first-order chi connectivity index (χ1) is 10.8. The zero-order valence-corrected chi connectivity index (χ0v) is 13.6. The summed E-state index contributed by atoms with van der Waals surface area (Å²) in [5.41, 5.74) is 0.451. The van der Waals surface area contributed by atoms with Crippen LogP contribution in [0, 0.1) is 5.41 Å². The van der Waals surface area contributed by atoms with Gasteiger partial charge in [0, 0.05) is 42.8 Å². The van der Waals surface area contributed by atoms with Crippen LogP contribution in [-0.4, -0.2) is 41.0 Å². The molecular weight excluding hydrogens is 292 g/mol. The minimum absolute atomic E-state index is 0.451. The molecule has 4 heterocycles. The normalized spacial score (nSPS) is 25.9. The summed E-state index contributed by atoms with van der Waals surface area (Å²) in [7, 11) is 0. The van der Waals surface area contributed by atoms with Crippen LogP contribution < -0.4 is 4.90 Å². The van der Waals surface area contributed by atoms with Crippen LogP contribution >= 0.6 is 11.3 Å². The molecule has 0 amide bonds. The third-order valence-electron chi connectivity index (χ3n) is 4.99. The highest BCUT2D eigenvalue weighted by Gasteiger charge is 2.41. The number of pyridine rings is 1. The van der Waals surface area contributed by atoms with Crippen molar-refractivity contribution in [3.8, 4) is 0 Å². The number of piperidine rings is 1. The number of rotatable bonds is 3. The molecule has 2 aromatic heterocycles. The summed E-state index contributed by atoms with van der Waals surface area (Å²) < 4.78 is 0. The second-order valence-electron chi connectivity index (χ2n) is 6.60. The van der Waals surface area contributed by atoms with Crippen molar-refractivity contribution in [1.82, 2.24) is 14.9 Å². The predicted octanol–water partition coefficient (Wildman–Crippen LogP) is 3.03. The summed E-state index contributed by atoms with van der Waals surface area (Å²) in [6.45, 7) is 5.72. The van der Waals surface area contributed by atoms with Gasteiger partial charge >= 0.3 is 0 Å². The highest BCUT2D eigenvalue weighted by Crippen LogP contribution is 2.40. The van der Waals surface area contributed by atoms with Gasteiger partial charge in [0.15, 0.2) is 0 Å². The molecule has 116 valence electrons. The first-order valence-corrected chi connectivity index (χ1v) is 8.98. The fraction of sp³-hybridized carbons (Fsp3) is 0.529. The van der Waals surface area contributed by atoms with Crippen molar-refractivity contribution in [2.24, 2.45) is 5.41 Å². The first-order valence-electron chi connectivity index (χ1n) is 8.10. The highest BCUT2D eigenvalue weighted by molar-refractivity contribution is 7.09. The molecule has 5 heteroatoms. The molecule has 2 aliphatic heterocycles. The van der Waals surface area contributed by atoms with Crippen molar-refractivity contribution in [3.05, 3.63) is 41.0 Å². The van der Waals surface area contributed by atoms with E-state index in [0.29, 0.717) is 5.41 Å². The van der Waals surface area contributed by atoms with Gasteiger partial charge in [0.1, 0.15) is 10.8 Å². The average molecular weight is 314 g/mol. The molecule has 4 nitrogen and oxygen atoms in total. The number of anilines is 1. The molecule has 0 saturated carbocycles. The minimum Gasteiger partial charge on any atom is -0.356 e. The first kappa shape index (κ1) is 14.2. The molecule has 0 unspecified atom stereocenters. The highest BCUT2D eigenvalue weighted by atomic mass is 32.1. The van der Waals surface area contributed by atoms with Gasteiger partial charge in [-0.3, -0.25) is 4.90 Å². The van der Waals surface area contributed by atoms with E-state index in [9.17, 15) is 0 Å². The number of aromatic nitrogens is 2. The summed E-state index contributed by atoms with van der Waals surface area (Å²) in [5.74, 6) is 1.14. The Kier molecular flexibility index (Phi) is 3.84. The number of likely N-dealkylation sites (tertiary alicyclic amines) is 1. The van der Waals surface area contributed by atoms with Gasteiger partial charge in [-0.05, 0) is 37.9 Å². The largest absolute Gasteiger partial charge is 0.356 e. The number of thiazole rings is 1. The van der Waals surface area contributed by atoms with Gasteiger partial charge in [-0.2, -0.15) is 0 Å². The van der Waals surface area contributed by atoms with E-state index in [0.717, 1.165) is 25.5 Å². The minimum atomic E-state index is 0.451. The lowest BCUT2D eigenvalue weighted by molar-refractivity contribution is 0.216. The summed E-state index contributed by atoms with van der Waals surface area (Å²) in [4.78, 5) is 14.0. The smallest absolute Gasteiger partial charge is 0.128 e. The second kappa shape index (κ2) is 5.97. The van der Waals surface area contributed by atoms with Crippen molar-refractivity contribution in [1.29, 1.82) is 0 Å². The summed E-state index contributed by atoms with van der Waals surface area (Å²) in [6.07, 6.45) is 7.75. The van der Waals surface area contributed by atoms with Crippen LogP contribution in [0.2, 0.25) is 0 Å². The lowest BCUT2D eigenvalue weighted by Crippen LogP contribution is -2.45. The van der Waals surface area contributed by atoms with Gasteiger partial charge in [0.2, 0.25) is 0 Å². The number of hydrogen-bond acceptors (Lipinski definition) is 5. The van der Waals surface area contributed by atoms with Crippen molar-refractivity contribution in [2.45, 2.75) is 25.8 Å². The maximum atomic E-state index is 4.54. The third kappa shape index (κ3) is 2.88. The lowest BCUT2D eigenvalue weighted by Gasteiger charge is -2.41. The Morgan fingerprint density at radius 3 is 2.91 bits per heavy atom. The van der Waals surface area contributed by atoms with E-state index >= 15 is 0 Å². The number of hydrogen-bond donors (Lipinski definition) is 0. The summed E-state index contributed by atoms with van der Waals surface area (Å²) >= 11 is 1.77. The zero-order valence-electron chi connectivity index (χ0n) is 12.8. The molecule has 0 aliphatic carbocycles. The molecule has 0 N–H and O–H groups in total. The monoisotopic (exact) mass is 314 g/mol. The Bertz CT molecular complexity index is 600. The molecule has 1 atom stereocenters. The molecule has 0 aromatic carbocycles. The fourth-order valence-electron chi connectivity index (χ4n) is 3.96. The van der Waals surface area contributed by atoms with Crippen LogP contribution in [0.1, 0.15) is 24.3 Å². The maximum absolute atomic E-state index is 4.54. The summed E-state index contributed by atoms with van der Waals surface area (Å²) in [5, 5.41) is 3.32. The van der Waals surface area contributed by atoms with Gasteiger partial charge < -0.3 is 4.90 Å². The molecule has 22 heavy (non-hydrogen) atoms. The Morgan fingerprint density at radius 1 is 1.09 bits per heavy atom. The van der Waals surface area contributed by atoms with E-state index in [2.05, 4.69) is 37.3 Å². The topological polar surface area (TPSA) is 32.3 Å². The van der Waals surface area contributed by atoms with Crippen LogP contribution in [0.5, 0.6) is 0 Å². The van der Waals surface area contributed by atoms with Crippen molar-refractivity contribution < 1.29 is 0 Å². The Labute approximate surface area is 135 Å². The maximum Gasteiger partial charge on any atom is 0.128 e. The van der Waals surface area contributed by atoms with Crippen molar-refractivity contribution in [2.75, 3.05) is 31.1 Å². The second-order valence-corrected chi connectivity index (χ2v) is 7.58. The van der Waals surface area contributed by atoms with Crippen LogP contribution in [-0.2, 0) is 6.54 Å². The van der Waals surface area contributed by atoms with Gasteiger partial charge in [-0.25, -0.2) is 9.97 Å². The quantitative estimate of drug-likeness (QED) is 0.872. The Morgan fingerprint density at radius 2 is 2.09 bits per heavy atom. The molecule has 0 radical (unpaired) electrons. The van der Waals surface area contributed by atoms with Gasteiger partial charge in [0.25, 0.3) is 0 Å². The van der Waals surface area contributed by atoms with E-state index in [1.807, 2.05) is 18.5 Å². The van der Waals surface area contributed by atoms with Gasteiger partial charge in [-0.15, -0.1) is 11.3 Å². The van der Waals surface area contributed by atoms with E-state index < -0.39 is 0 Å². The molecule has 4 rings (SSSR count). The van der Waals surface area contributed by atoms with Crippen molar-refractivity contribution in [3.63, 3.8) is 0 Å². The van der Waals surface area contributed by atoms with Crippen molar-refractivity contribution >= 4 is 17.2 Å². The average Bonchev–Trinajstić information content (AvgIpc) is 3.20. The van der Waals surface area contributed by atoms with E-state index in [1.165, 1.54) is 37.4 Å². The van der Waals surface area contributed by atoms with Crippen LogP contribution in [0.4, 0.5) is 5.82 Å². The third-order valence-corrected chi connectivity index (χ3v) is 5.76. The Hall–Kier alpha value is -1.46. The van der Waals surface area contributed by atoms with Crippen LogP contribution in [0.15, 0.2) is 36.0 Å². The van der Waals surface area contributed by atoms with Crippen LogP contribution in [0.3, 0.4) is 0 Å². The molecule has 2 aromatic rings. The molecule has 2 aliphatic rings. The standard InChI is InChI=1S/C17H22N4S/c1-2-7-18-15(4-1)21-9-3-5-17(14-21)6-10-20(13-17)12-16-19-8-11-22-16/h1-2,4,7-8,11H,3,5-6,9-10,12-14H2/t17-/m0/s1. The van der Waals surface area contributed by atoms with E-state index in [-0.39, 0.29) is 0 Å². The molecule has 2 fully saturated rings.